The topological polar surface area (TPSA) is 49.4 Å². The van der Waals surface area contributed by atoms with E-state index < -0.39 is 6.04 Å². The van der Waals surface area contributed by atoms with E-state index in [1.54, 1.807) is 12.1 Å². The van der Waals surface area contributed by atoms with Crippen molar-refractivity contribution < 1.29 is 9.59 Å². The number of carbonyl (C=O) groups is 2. The molecule has 2 amide bonds. The van der Waals surface area contributed by atoms with E-state index in [1.165, 1.54) is 25.7 Å². The first-order chi connectivity index (χ1) is 14.2. The van der Waals surface area contributed by atoms with Gasteiger partial charge in [0.25, 0.3) is 5.91 Å². The molecule has 2 aromatic rings. The second kappa shape index (κ2) is 9.25. The maximum atomic E-state index is 13.5. The van der Waals surface area contributed by atoms with Gasteiger partial charge >= 0.3 is 0 Å². The molecule has 0 aromatic heterocycles. The van der Waals surface area contributed by atoms with Gasteiger partial charge in [0.15, 0.2) is 0 Å². The third-order valence-electron chi connectivity index (χ3n) is 6.52. The maximum Gasteiger partial charge on any atom is 0.251 e. The van der Waals surface area contributed by atoms with Gasteiger partial charge in [-0.15, -0.1) is 0 Å². The van der Waals surface area contributed by atoms with Crippen LogP contribution in [0.25, 0.3) is 0 Å². The molecule has 4 nitrogen and oxygen atoms in total. The lowest BCUT2D eigenvalue weighted by molar-refractivity contribution is -0.136. The molecular weight excluding hydrogens is 360 g/mol. The summed E-state index contributed by atoms with van der Waals surface area (Å²) >= 11 is 0. The summed E-state index contributed by atoms with van der Waals surface area (Å²) < 4.78 is 0. The quantitative estimate of drug-likeness (QED) is 0.837. The summed E-state index contributed by atoms with van der Waals surface area (Å²) in [5.74, 6) is 1.28. The number of hydrogen-bond donors (Lipinski definition) is 1. The Kier molecular flexibility index (Phi) is 6.28. The van der Waals surface area contributed by atoms with Crippen LogP contribution in [0.3, 0.4) is 0 Å². The number of carbonyl (C=O) groups excluding carboxylic acids is 2. The molecule has 0 radical (unpaired) electrons. The Morgan fingerprint density at radius 3 is 2.28 bits per heavy atom. The minimum atomic E-state index is -0.537. The van der Waals surface area contributed by atoms with Gasteiger partial charge in [-0.3, -0.25) is 9.59 Å². The molecule has 1 N–H and O–H groups in total. The van der Waals surface area contributed by atoms with E-state index in [4.69, 9.17) is 0 Å². The molecule has 29 heavy (non-hydrogen) atoms. The Balaban J connectivity index is 1.49. The number of benzene rings is 2. The zero-order valence-corrected chi connectivity index (χ0v) is 16.9. The van der Waals surface area contributed by atoms with Crippen molar-refractivity contribution in [3.05, 3.63) is 71.8 Å². The second-order valence-corrected chi connectivity index (χ2v) is 8.46. The van der Waals surface area contributed by atoms with Crippen LogP contribution in [0, 0.1) is 11.8 Å². The number of nitrogens with zero attached hydrogens (tertiary/aromatic N) is 1. The molecule has 0 bridgehead atoms. The standard InChI is InChI=1S/C25H30N2O2/c28-24(21-12-5-2-6-13-21)26-23(17-19-9-3-1-4-10-19)25(29)27-16-15-20-11-7-8-14-22(20)18-27/h1-6,9-10,12-13,20,22-23H,7-8,11,14-18H2,(H,26,28)/t20-,22-,23+/m1/s1. The van der Waals surface area contributed by atoms with Gasteiger partial charge in [0.2, 0.25) is 5.91 Å². The molecule has 1 saturated heterocycles. The molecule has 0 unspecified atom stereocenters. The van der Waals surface area contributed by atoms with Crippen molar-refractivity contribution in [2.75, 3.05) is 13.1 Å². The summed E-state index contributed by atoms with van der Waals surface area (Å²) in [7, 11) is 0. The number of fused-ring (bicyclic) bond motifs is 1. The van der Waals surface area contributed by atoms with E-state index >= 15 is 0 Å². The molecule has 4 rings (SSSR count). The van der Waals surface area contributed by atoms with Gasteiger partial charge in [-0.05, 0) is 42.4 Å². The molecule has 1 aliphatic carbocycles. The Bertz CT molecular complexity index is 821. The monoisotopic (exact) mass is 390 g/mol. The average Bonchev–Trinajstić information content (AvgIpc) is 2.79. The smallest absolute Gasteiger partial charge is 0.251 e. The average molecular weight is 391 g/mol. The molecule has 2 fully saturated rings. The molecule has 2 aromatic carbocycles. The highest BCUT2D eigenvalue weighted by atomic mass is 16.2. The molecule has 1 aliphatic heterocycles. The fourth-order valence-electron chi connectivity index (χ4n) is 4.90. The van der Waals surface area contributed by atoms with Crippen LogP contribution in [0.5, 0.6) is 0 Å². The van der Waals surface area contributed by atoms with Crippen LogP contribution >= 0.6 is 0 Å². The zero-order valence-electron chi connectivity index (χ0n) is 16.9. The van der Waals surface area contributed by atoms with E-state index in [2.05, 4.69) is 5.32 Å². The van der Waals surface area contributed by atoms with E-state index in [1.807, 2.05) is 53.4 Å². The highest BCUT2D eigenvalue weighted by molar-refractivity contribution is 5.97. The molecule has 2 aliphatic rings. The number of piperidine rings is 1. The molecule has 0 spiro atoms. The van der Waals surface area contributed by atoms with Gasteiger partial charge in [0.1, 0.15) is 6.04 Å². The van der Waals surface area contributed by atoms with Crippen LogP contribution in [0.15, 0.2) is 60.7 Å². The molecule has 4 heteroatoms. The van der Waals surface area contributed by atoms with Crippen LogP contribution in [0.1, 0.15) is 48.0 Å². The van der Waals surface area contributed by atoms with Gasteiger partial charge in [0.05, 0.1) is 0 Å². The Hall–Kier alpha value is -2.62. The number of nitrogens with one attached hydrogen (secondary N) is 1. The predicted molar refractivity (Wildman–Crippen MR) is 114 cm³/mol. The Morgan fingerprint density at radius 2 is 1.55 bits per heavy atom. The van der Waals surface area contributed by atoms with Crippen molar-refractivity contribution >= 4 is 11.8 Å². The molecule has 1 saturated carbocycles. The summed E-state index contributed by atoms with van der Waals surface area (Å²) in [5.41, 5.74) is 1.65. The first kappa shape index (κ1) is 19.7. The van der Waals surface area contributed by atoms with Gasteiger partial charge in [-0.1, -0.05) is 67.8 Å². The van der Waals surface area contributed by atoms with Crippen LogP contribution in [-0.4, -0.2) is 35.8 Å². The number of rotatable bonds is 5. The third-order valence-corrected chi connectivity index (χ3v) is 6.52. The predicted octanol–water partition coefficient (Wildman–Crippen LogP) is 4.07. The lowest BCUT2D eigenvalue weighted by Gasteiger charge is -2.42. The zero-order chi connectivity index (χ0) is 20.1. The first-order valence-corrected chi connectivity index (χ1v) is 10.9. The molecule has 1 heterocycles. The van der Waals surface area contributed by atoms with Crippen LogP contribution in [0.2, 0.25) is 0 Å². The number of likely N-dealkylation sites (tertiary alicyclic amines) is 1. The van der Waals surface area contributed by atoms with Gasteiger partial charge in [0, 0.05) is 25.1 Å². The summed E-state index contributed by atoms with van der Waals surface area (Å²) in [6.45, 7) is 1.66. The van der Waals surface area contributed by atoms with E-state index in [-0.39, 0.29) is 11.8 Å². The fourth-order valence-corrected chi connectivity index (χ4v) is 4.90. The molecular formula is C25H30N2O2. The van der Waals surface area contributed by atoms with Gasteiger partial charge in [-0.2, -0.15) is 0 Å². The summed E-state index contributed by atoms with van der Waals surface area (Å²) in [6, 6.07) is 18.6. The fraction of sp³-hybridized carbons (Fsp3) is 0.440. The summed E-state index contributed by atoms with van der Waals surface area (Å²) in [6.07, 6.45) is 6.77. The highest BCUT2D eigenvalue weighted by Crippen LogP contribution is 2.36. The van der Waals surface area contributed by atoms with Crippen molar-refractivity contribution in [1.29, 1.82) is 0 Å². The van der Waals surface area contributed by atoms with Crippen LogP contribution in [0.4, 0.5) is 0 Å². The van der Waals surface area contributed by atoms with Crippen molar-refractivity contribution in [2.24, 2.45) is 11.8 Å². The van der Waals surface area contributed by atoms with E-state index in [0.29, 0.717) is 17.9 Å². The molecule has 152 valence electrons. The normalized spacial score (nSPS) is 22.4. The van der Waals surface area contributed by atoms with Crippen LogP contribution < -0.4 is 5.32 Å². The van der Waals surface area contributed by atoms with Crippen molar-refractivity contribution in [1.82, 2.24) is 10.2 Å². The Labute approximate surface area is 173 Å². The maximum absolute atomic E-state index is 13.5. The largest absolute Gasteiger partial charge is 0.341 e. The van der Waals surface area contributed by atoms with Gasteiger partial charge < -0.3 is 10.2 Å². The second-order valence-electron chi connectivity index (χ2n) is 8.46. The Morgan fingerprint density at radius 1 is 0.897 bits per heavy atom. The minimum absolute atomic E-state index is 0.0576. The van der Waals surface area contributed by atoms with Crippen molar-refractivity contribution in [3.63, 3.8) is 0 Å². The van der Waals surface area contributed by atoms with Gasteiger partial charge in [-0.25, -0.2) is 0 Å². The first-order valence-electron chi connectivity index (χ1n) is 10.9. The SMILES string of the molecule is O=C(N[C@@H](Cc1ccccc1)C(=O)N1CC[C@H]2CCCC[C@@H]2C1)c1ccccc1. The lowest BCUT2D eigenvalue weighted by Crippen LogP contribution is -2.53. The summed E-state index contributed by atoms with van der Waals surface area (Å²) in [4.78, 5) is 28.2. The highest BCUT2D eigenvalue weighted by Gasteiger charge is 2.35. The number of hydrogen-bond acceptors (Lipinski definition) is 2. The van der Waals surface area contributed by atoms with E-state index in [9.17, 15) is 9.59 Å². The minimum Gasteiger partial charge on any atom is -0.341 e. The lowest BCUT2D eigenvalue weighted by atomic mass is 9.75. The molecule has 3 atom stereocenters. The number of amides is 2. The van der Waals surface area contributed by atoms with Crippen LogP contribution in [-0.2, 0) is 11.2 Å². The summed E-state index contributed by atoms with van der Waals surface area (Å²) in [5, 5.41) is 3.02. The van der Waals surface area contributed by atoms with Crippen molar-refractivity contribution in [2.45, 2.75) is 44.6 Å². The van der Waals surface area contributed by atoms with Crippen molar-refractivity contribution in [3.8, 4) is 0 Å². The third kappa shape index (κ3) is 4.87. The van der Waals surface area contributed by atoms with E-state index in [0.717, 1.165) is 31.0 Å².